The number of ether oxygens (including phenoxy) is 1. The molecule has 0 radical (unpaired) electrons. The van der Waals surface area contributed by atoms with Gasteiger partial charge in [0.05, 0.1) is 13.5 Å². The highest BCUT2D eigenvalue weighted by molar-refractivity contribution is 6.31. The van der Waals surface area contributed by atoms with Gasteiger partial charge in [0, 0.05) is 10.9 Å². The van der Waals surface area contributed by atoms with E-state index in [0.29, 0.717) is 11.6 Å². The van der Waals surface area contributed by atoms with Gasteiger partial charge in [-0.25, -0.2) is 0 Å². The number of hydrogen-bond donors (Lipinski definition) is 1. The van der Waals surface area contributed by atoms with Crippen LogP contribution in [0.2, 0.25) is 5.02 Å². The molecule has 1 aromatic carbocycles. The van der Waals surface area contributed by atoms with Crippen LogP contribution in [-0.2, 0) is 9.53 Å². The summed E-state index contributed by atoms with van der Waals surface area (Å²) in [7, 11) is 1.37. The fourth-order valence-electron chi connectivity index (χ4n) is 1.48. The first-order valence-electron chi connectivity index (χ1n) is 5.11. The summed E-state index contributed by atoms with van der Waals surface area (Å²) in [6, 6.07) is 5.73. The number of methoxy groups -OCH3 is 1. The molecule has 88 valence electrons. The van der Waals surface area contributed by atoms with Crippen LogP contribution in [0.3, 0.4) is 0 Å². The fraction of sp³-hybridized carbons (Fsp3) is 0.417. The fourth-order valence-corrected chi connectivity index (χ4v) is 1.67. The van der Waals surface area contributed by atoms with E-state index in [0.717, 1.165) is 11.1 Å². The van der Waals surface area contributed by atoms with Gasteiger partial charge in [-0.2, -0.15) is 0 Å². The third-order valence-electron chi connectivity index (χ3n) is 2.59. The predicted molar refractivity (Wildman–Crippen MR) is 64.6 cm³/mol. The summed E-state index contributed by atoms with van der Waals surface area (Å²) in [6.07, 6.45) is 0.284. The highest BCUT2D eigenvalue weighted by atomic mass is 35.5. The van der Waals surface area contributed by atoms with Crippen molar-refractivity contribution in [2.45, 2.75) is 19.3 Å². The zero-order chi connectivity index (χ0) is 12.1. The number of hydrogen-bond acceptors (Lipinski definition) is 3. The highest BCUT2D eigenvalue weighted by Gasteiger charge is 2.15. The predicted octanol–water partition coefficient (Wildman–Crippen LogP) is 2.25. The van der Waals surface area contributed by atoms with Gasteiger partial charge in [-0.05, 0) is 30.7 Å². The van der Waals surface area contributed by atoms with Gasteiger partial charge in [-0.1, -0.05) is 23.7 Å². The van der Waals surface area contributed by atoms with E-state index in [-0.39, 0.29) is 18.3 Å². The maximum atomic E-state index is 11.2. The number of benzene rings is 1. The van der Waals surface area contributed by atoms with E-state index in [9.17, 15) is 4.79 Å². The maximum absolute atomic E-state index is 11.2. The molecule has 2 N–H and O–H groups in total. The molecule has 0 saturated heterocycles. The zero-order valence-electron chi connectivity index (χ0n) is 9.50. The Morgan fingerprint density at radius 2 is 2.25 bits per heavy atom. The number of rotatable bonds is 4. The molecule has 0 fully saturated rings. The second-order valence-electron chi connectivity index (χ2n) is 3.72. The normalized spacial score (nSPS) is 12.2. The standard InChI is InChI=1S/C12H16ClNO2/c1-8-3-4-9(5-11(8)13)10(7-14)6-12(15)16-2/h3-5,10H,6-7,14H2,1-2H3. The van der Waals surface area contributed by atoms with E-state index >= 15 is 0 Å². The van der Waals surface area contributed by atoms with Crippen molar-refractivity contribution in [3.05, 3.63) is 34.3 Å². The van der Waals surface area contributed by atoms with Gasteiger partial charge in [-0.3, -0.25) is 4.79 Å². The van der Waals surface area contributed by atoms with Crippen LogP contribution >= 0.6 is 11.6 Å². The number of nitrogens with two attached hydrogens (primary N) is 1. The van der Waals surface area contributed by atoms with E-state index in [2.05, 4.69) is 4.74 Å². The van der Waals surface area contributed by atoms with Gasteiger partial charge in [0.15, 0.2) is 0 Å². The number of carbonyl (C=O) groups excluding carboxylic acids is 1. The average molecular weight is 242 g/mol. The molecule has 16 heavy (non-hydrogen) atoms. The van der Waals surface area contributed by atoms with Crippen LogP contribution in [0, 0.1) is 6.92 Å². The van der Waals surface area contributed by atoms with Gasteiger partial charge in [0.1, 0.15) is 0 Å². The second kappa shape index (κ2) is 5.87. The third kappa shape index (κ3) is 3.22. The van der Waals surface area contributed by atoms with Crippen molar-refractivity contribution < 1.29 is 9.53 Å². The molecule has 0 amide bonds. The Balaban J connectivity index is 2.86. The molecular formula is C12H16ClNO2. The average Bonchev–Trinajstić information content (AvgIpc) is 2.29. The SMILES string of the molecule is COC(=O)CC(CN)c1ccc(C)c(Cl)c1. The van der Waals surface area contributed by atoms with Crippen LogP contribution in [-0.4, -0.2) is 19.6 Å². The van der Waals surface area contributed by atoms with Crippen molar-refractivity contribution >= 4 is 17.6 Å². The summed E-state index contributed by atoms with van der Waals surface area (Å²) in [5.41, 5.74) is 7.63. The largest absolute Gasteiger partial charge is 0.469 e. The Labute approximate surface area is 101 Å². The number of aryl methyl sites for hydroxylation is 1. The second-order valence-corrected chi connectivity index (χ2v) is 4.13. The van der Waals surface area contributed by atoms with Gasteiger partial charge >= 0.3 is 5.97 Å². The molecule has 0 aliphatic rings. The van der Waals surface area contributed by atoms with E-state index in [4.69, 9.17) is 17.3 Å². The van der Waals surface area contributed by atoms with Crippen LogP contribution in [0.1, 0.15) is 23.5 Å². The summed E-state index contributed by atoms with van der Waals surface area (Å²) in [6.45, 7) is 2.33. The minimum absolute atomic E-state index is 0.0365. The van der Waals surface area contributed by atoms with Crippen LogP contribution in [0.15, 0.2) is 18.2 Å². The number of esters is 1. The Bertz CT molecular complexity index is 379. The molecule has 0 aliphatic carbocycles. The smallest absolute Gasteiger partial charge is 0.306 e. The summed E-state index contributed by atoms with van der Waals surface area (Å²) >= 11 is 6.03. The number of halogens is 1. The summed E-state index contributed by atoms with van der Waals surface area (Å²) in [5, 5.41) is 0.695. The highest BCUT2D eigenvalue weighted by Crippen LogP contribution is 2.24. The molecule has 1 atom stereocenters. The van der Waals surface area contributed by atoms with Crippen LogP contribution in [0.25, 0.3) is 0 Å². The summed E-state index contributed by atoms with van der Waals surface area (Å²) in [5.74, 6) is -0.294. The molecule has 0 aromatic heterocycles. The van der Waals surface area contributed by atoms with Crippen molar-refractivity contribution in [1.82, 2.24) is 0 Å². The molecule has 1 rings (SSSR count). The van der Waals surface area contributed by atoms with E-state index in [1.54, 1.807) is 0 Å². The van der Waals surface area contributed by atoms with Crippen LogP contribution in [0.5, 0.6) is 0 Å². The lowest BCUT2D eigenvalue weighted by atomic mass is 9.95. The lowest BCUT2D eigenvalue weighted by molar-refractivity contribution is -0.141. The Morgan fingerprint density at radius 1 is 1.56 bits per heavy atom. The quantitative estimate of drug-likeness (QED) is 0.823. The maximum Gasteiger partial charge on any atom is 0.306 e. The first kappa shape index (κ1) is 13.0. The molecule has 1 aromatic rings. The van der Waals surface area contributed by atoms with E-state index in [1.807, 2.05) is 25.1 Å². The Hall–Kier alpha value is -1.06. The van der Waals surface area contributed by atoms with Crippen LogP contribution in [0.4, 0.5) is 0 Å². The topological polar surface area (TPSA) is 52.3 Å². The molecule has 4 heteroatoms. The van der Waals surface area contributed by atoms with Gasteiger partial charge in [0.2, 0.25) is 0 Å². The molecular weight excluding hydrogens is 226 g/mol. The van der Waals surface area contributed by atoms with Crippen LogP contribution < -0.4 is 5.73 Å². The minimum atomic E-state index is -0.257. The third-order valence-corrected chi connectivity index (χ3v) is 3.00. The van der Waals surface area contributed by atoms with Gasteiger partial charge in [0.25, 0.3) is 0 Å². The van der Waals surface area contributed by atoms with E-state index < -0.39 is 0 Å². The van der Waals surface area contributed by atoms with Gasteiger partial charge in [-0.15, -0.1) is 0 Å². The van der Waals surface area contributed by atoms with Crippen molar-refractivity contribution in [3.8, 4) is 0 Å². The molecule has 1 unspecified atom stereocenters. The van der Waals surface area contributed by atoms with Crippen molar-refractivity contribution in [2.24, 2.45) is 5.73 Å². The Morgan fingerprint density at radius 3 is 2.75 bits per heavy atom. The monoisotopic (exact) mass is 241 g/mol. The summed E-state index contributed by atoms with van der Waals surface area (Å²) < 4.78 is 4.63. The minimum Gasteiger partial charge on any atom is -0.469 e. The first-order valence-corrected chi connectivity index (χ1v) is 5.49. The van der Waals surface area contributed by atoms with Crippen molar-refractivity contribution in [2.75, 3.05) is 13.7 Å². The lowest BCUT2D eigenvalue weighted by Gasteiger charge is -2.14. The molecule has 0 aliphatic heterocycles. The summed E-state index contributed by atoms with van der Waals surface area (Å²) in [4.78, 5) is 11.2. The molecule has 3 nitrogen and oxygen atoms in total. The molecule has 0 heterocycles. The van der Waals surface area contributed by atoms with Crippen molar-refractivity contribution in [1.29, 1.82) is 0 Å². The molecule has 0 saturated carbocycles. The lowest BCUT2D eigenvalue weighted by Crippen LogP contribution is -2.17. The van der Waals surface area contributed by atoms with E-state index in [1.165, 1.54) is 7.11 Å². The van der Waals surface area contributed by atoms with Crippen molar-refractivity contribution in [3.63, 3.8) is 0 Å². The van der Waals surface area contributed by atoms with Gasteiger partial charge < -0.3 is 10.5 Å². The molecule has 0 spiro atoms. The zero-order valence-corrected chi connectivity index (χ0v) is 10.3. The Kier molecular flexibility index (Phi) is 4.77. The number of carbonyl (C=O) groups is 1. The molecule has 0 bridgehead atoms. The first-order chi connectivity index (χ1) is 7.58.